The normalized spacial score (nSPS) is 15.4. The molecule has 0 aliphatic carbocycles. The van der Waals surface area contributed by atoms with Crippen LogP contribution in [-0.4, -0.2) is 33.1 Å². The van der Waals surface area contributed by atoms with Crippen LogP contribution in [0.3, 0.4) is 0 Å². The van der Waals surface area contributed by atoms with Crippen LogP contribution in [0.4, 0.5) is 24.0 Å². The molecule has 0 radical (unpaired) electrons. The molecule has 0 saturated carbocycles. The highest BCUT2D eigenvalue weighted by Gasteiger charge is 2.37. The quantitative estimate of drug-likeness (QED) is 0.363. The highest BCUT2D eigenvalue weighted by Crippen LogP contribution is 2.41. The highest BCUT2D eigenvalue weighted by molar-refractivity contribution is 7.22. The third-order valence-corrected chi connectivity index (χ3v) is 6.97. The van der Waals surface area contributed by atoms with E-state index in [9.17, 15) is 28.1 Å². The molecule has 34 heavy (non-hydrogen) atoms. The minimum atomic E-state index is -4.83. The second kappa shape index (κ2) is 8.93. The van der Waals surface area contributed by atoms with Crippen LogP contribution in [0.25, 0.3) is 10.1 Å². The minimum Gasteiger partial charge on any atom is -0.348 e. The fourth-order valence-corrected chi connectivity index (χ4v) is 5.33. The molecule has 2 aromatic heterocycles. The first-order chi connectivity index (χ1) is 16.0. The average molecular weight is 497 g/mol. The van der Waals surface area contributed by atoms with Crippen molar-refractivity contribution in [3.8, 4) is 0 Å². The van der Waals surface area contributed by atoms with Gasteiger partial charge in [0.15, 0.2) is 11.0 Å². The van der Waals surface area contributed by atoms with Gasteiger partial charge in [-0.2, -0.15) is 23.1 Å². The molecule has 9 nitrogen and oxygen atoms in total. The molecule has 0 amide bonds. The summed E-state index contributed by atoms with van der Waals surface area (Å²) in [4.78, 5) is 33.7. The predicted octanol–water partition coefficient (Wildman–Crippen LogP) is 4.86. The van der Waals surface area contributed by atoms with Crippen LogP contribution < -0.4 is 10.5 Å². The maximum atomic E-state index is 13.4. The van der Waals surface area contributed by atoms with Gasteiger partial charge in [0.1, 0.15) is 4.70 Å². The van der Waals surface area contributed by atoms with Crippen LogP contribution in [0.2, 0.25) is 0 Å². The van der Waals surface area contributed by atoms with Crippen LogP contribution in [0.15, 0.2) is 15.4 Å². The topological polar surface area (TPSA) is 115 Å². The fraction of sp³-hybridized carbons (Fsp3) is 0.524. The lowest BCUT2D eigenvalue weighted by Gasteiger charge is -2.30. The molecule has 13 heteroatoms. The number of halogens is 3. The van der Waals surface area contributed by atoms with Gasteiger partial charge in [-0.1, -0.05) is 30.3 Å². The minimum absolute atomic E-state index is 0.0350. The van der Waals surface area contributed by atoms with Crippen molar-refractivity contribution >= 4 is 32.2 Å². The molecule has 1 saturated heterocycles. The van der Waals surface area contributed by atoms with E-state index in [1.165, 1.54) is 0 Å². The standard InChI is InChI=1S/C21H22F3N5O4S/c1-10(2)8-15-25-19(33-27-15)12-4-6-28(7-5-12)20-26-18(30)16-11(3)13(21(22,23)24)9-14(29(31)32)17(16)34-20/h9-10,12H,4-8H2,1-3H3. The third-order valence-electron chi connectivity index (χ3n) is 5.82. The van der Waals surface area contributed by atoms with E-state index in [2.05, 4.69) is 29.0 Å². The summed E-state index contributed by atoms with van der Waals surface area (Å²) in [7, 11) is 0. The lowest BCUT2D eigenvalue weighted by Crippen LogP contribution is -2.34. The van der Waals surface area contributed by atoms with Crippen molar-refractivity contribution in [1.82, 2.24) is 15.1 Å². The Kier molecular flexibility index (Phi) is 6.32. The molecule has 1 aromatic carbocycles. The summed E-state index contributed by atoms with van der Waals surface area (Å²) in [6, 6.07) is 0.494. The Morgan fingerprint density at radius 1 is 1.29 bits per heavy atom. The number of hydrogen-bond acceptors (Lipinski definition) is 9. The van der Waals surface area contributed by atoms with Crippen molar-refractivity contribution in [1.29, 1.82) is 0 Å². The molecule has 0 unspecified atom stereocenters. The third kappa shape index (κ3) is 4.61. The number of benzene rings is 1. The zero-order valence-corrected chi connectivity index (χ0v) is 19.5. The van der Waals surface area contributed by atoms with E-state index in [1.54, 1.807) is 0 Å². The molecule has 3 heterocycles. The van der Waals surface area contributed by atoms with E-state index in [4.69, 9.17) is 4.52 Å². The number of alkyl halides is 3. The number of fused-ring (bicyclic) bond motifs is 1. The smallest absolute Gasteiger partial charge is 0.348 e. The van der Waals surface area contributed by atoms with Crippen LogP contribution >= 0.6 is 11.3 Å². The van der Waals surface area contributed by atoms with E-state index >= 15 is 0 Å². The predicted molar refractivity (Wildman–Crippen MR) is 119 cm³/mol. The molecule has 1 fully saturated rings. The first kappa shape index (κ1) is 24.0. The second-order valence-electron chi connectivity index (χ2n) is 8.74. The van der Waals surface area contributed by atoms with Gasteiger partial charge in [0.05, 0.1) is 15.9 Å². The van der Waals surface area contributed by atoms with Gasteiger partial charge in [-0.3, -0.25) is 14.9 Å². The Bertz CT molecular complexity index is 1300. The monoisotopic (exact) mass is 497 g/mol. The van der Waals surface area contributed by atoms with Crippen molar-refractivity contribution < 1.29 is 22.6 Å². The summed E-state index contributed by atoms with van der Waals surface area (Å²) in [5, 5.41) is 15.4. The van der Waals surface area contributed by atoms with Gasteiger partial charge < -0.3 is 9.42 Å². The maximum Gasteiger partial charge on any atom is 0.416 e. The van der Waals surface area contributed by atoms with E-state index in [0.29, 0.717) is 56.1 Å². The number of nitro groups is 1. The van der Waals surface area contributed by atoms with Gasteiger partial charge in [0.2, 0.25) is 5.89 Å². The molecular weight excluding hydrogens is 475 g/mol. The number of nitrogens with zero attached hydrogens (tertiary/aromatic N) is 5. The van der Waals surface area contributed by atoms with Crippen molar-refractivity contribution in [2.24, 2.45) is 5.92 Å². The zero-order chi connectivity index (χ0) is 24.8. The van der Waals surface area contributed by atoms with Gasteiger partial charge in [0, 0.05) is 31.5 Å². The number of aromatic nitrogens is 3. The summed E-state index contributed by atoms with van der Waals surface area (Å²) in [6.45, 7) is 6.22. The average Bonchev–Trinajstić information content (AvgIpc) is 3.20. The van der Waals surface area contributed by atoms with E-state index in [0.717, 1.165) is 18.3 Å². The first-order valence-corrected chi connectivity index (χ1v) is 11.5. The number of hydrogen-bond donors (Lipinski definition) is 0. The SMILES string of the molecule is Cc1c(C(F)(F)F)cc([N+](=O)[O-])c2sc(N3CCC(c4nc(CC(C)C)no4)CC3)nc(=O)c12. The van der Waals surface area contributed by atoms with Gasteiger partial charge in [0.25, 0.3) is 11.2 Å². The maximum absolute atomic E-state index is 13.4. The Morgan fingerprint density at radius 2 is 1.97 bits per heavy atom. The molecule has 0 spiro atoms. The number of piperidine rings is 1. The molecule has 0 bridgehead atoms. The molecule has 0 N–H and O–H groups in total. The summed E-state index contributed by atoms with van der Waals surface area (Å²) < 4.78 is 45.5. The van der Waals surface area contributed by atoms with Crippen molar-refractivity contribution in [3.63, 3.8) is 0 Å². The molecule has 0 atom stereocenters. The molecule has 3 aromatic rings. The van der Waals surface area contributed by atoms with Gasteiger partial charge in [-0.25, -0.2) is 0 Å². The molecule has 182 valence electrons. The fourth-order valence-electron chi connectivity index (χ4n) is 4.13. The summed E-state index contributed by atoms with van der Waals surface area (Å²) in [5.74, 6) is 1.64. The van der Waals surface area contributed by atoms with Crippen LogP contribution in [0, 0.1) is 23.0 Å². The molecule has 4 rings (SSSR count). The summed E-state index contributed by atoms with van der Waals surface area (Å²) in [5.41, 5.74) is -3.23. The number of rotatable bonds is 5. The Balaban J connectivity index is 1.63. The van der Waals surface area contributed by atoms with Gasteiger partial charge in [-0.05, 0) is 31.2 Å². The highest BCUT2D eigenvalue weighted by atomic mass is 32.1. The summed E-state index contributed by atoms with van der Waals surface area (Å²) in [6.07, 6.45) is -2.84. The lowest BCUT2D eigenvalue weighted by atomic mass is 9.97. The van der Waals surface area contributed by atoms with E-state index < -0.39 is 27.9 Å². The Hall–Kier alpha value is -3.09. The molecule has 1 aliphatic rings. The number of non-ortho nitro benzene ring substituents is 1. The number of aryl methyl sites for hydroxylation is 1. The zero-order valence-electron chi connectivity index (χ0n) is 18.7. The van der Waals surface area contributed by atoms with Crippen LogP contribution in [0.5, 0.6) is 0 Å². The van der Waals surface area contributed by atoms with Crippen LogP contribution in [-0.2, 0) is 12.6 Å². The molecular formula is C21H22F3N5O4S. The Morgan fingerprint density at radius 3 is 2.56 bits per heavy atom. The molecule has 1 aliphatic heterocycles. The second-order valence-corrected chi connectivity index (χ2v) is 9.71. The number of nitro benzene ring substituents is 1. The van der Waals surface area contributed by atoms with Gasteiger partial charge >= 0.3 is 6.18 Å². The van der Waals surface area contributed by atoms with Crippen LogP contribution in [0.1, 0.15) is 55.4 Å². The summed E-state index contributed by atoms with van der Waals surface area (Å²) >= 11 is 0.858. The lowest BCUT2D eigenvalue weighted by molar-refractivity contribution is -0.383. The number of anilines is 1. The van der Waals surface area contributed by atoms with Crippen molar-refractivity contribution in [2.45, 2.75) is 52.1 Å². The first-order valence-electron chi connectivity index (χ1n) is 10.7. The largest absolute Gasteiger partial charge is 0.416 e. The van der Waals surface area contributed by atoms with Crippen molar-refractivity contribution in [3.05, 3.63) is 49.4 Å². The van der Waals surface area contributed by atoms with E-state index in [1.807, 2.05) is 4.90 Å². The van der Waals surface area contributed by atoms with Crippen molar-refractivity contribution in [2.75, 3.05) is 18.0 Å². The van der Waals surface area contributed by atoms with Gasteiger partial charge in [-0.15, -0.1) is 0 Å². The Labute approximate surface area is 195 Å². The van der Waals surface area contributed by atoms with E-state index in [-0.39, 0.29) is 26.7 Å².